The second-order valence-corrected chi connectivity index (χ2v) is 9.29. The molecule has 0 atom stereocenters. The fourth-order valence-electron chi connectivity index (χ4n) is 2.21. The molecule has 0 aliphatic heterocycles. The third-order valence-electron chi connectivity index (χ3n) is 3.45. The number of nitrogens with zero attached hydrogens (tertiary/aromatic N) is 1. The van der Waals surface area contributed by atoms with Crippen molar-refractivity contribution in [3.05, 3.63) is 29.8 Å². The maximum atomic E-state index is 12.6. The lowest BCUT2D eigenvalue weighted by atomic mass is 9.91. The van der Waals surface area contributed by atoms with Gasteiger partial charge in [-0.15, -0.1) is 0 Å². The Morgan fingerprint density at radius 3 is 2.38 bits per heavy atom. The van der Waals surface area contributed by atoms with Crippen LogP contribution < -0.4 is 4.18 Å². The van der Waals surface area contributed by atoms with Gasteiger partial charge in [0.25, 0.3) is 0 Å². The van der Waals surface area contributed by atoms with Gasteiger partial charge in [0, 0.05) is 19.0 Å². The molecule has 1 amide bonds. The average Bonchev–Trinajstić information content (AvgIpc) is 2.42. The van der Waals surface area contributed by atoms with Gasteiger partial charge in [-0.3, -0.25) is 4.79 Å². The van der Waals surface area contributed by atoms with Crippen molar-refractivity contribution in [1.82, 2.24) is 4.90 Å². The van der Waals surface area contributed by atoms with Gasteiger partial charge < -0.3 is 9.08 Å². The normalized spacial score (nSPS) is 12.3. The van der Waals surface area contributed by atoms with Crippen molar-refractivity contribution in [2.75, 3.05) is 5.75 Å². The van der Waals surface area contributed by atoms with E-state index < -0.39 is 10.1 Å². The summed E-state index contributed by atoms with van der Waals surface area (Å²) in [4.78, 5) is 14.4. The molecular formula is C18H29NO4S. The first-order valence-electron chi connectivity index (χ1n) is 8.24. The van der Waals surface area contributed by atoms with Gasteiger partial charge in [0.05, 0.1) is 5.75 Å². The SMILES string of the molecule is CCS(=O)(=O)Oc1cccc(CN(C(=O)CC(C)(C)C)C(C)C)c1. The minimum Gasteiger partial charge on any atom is -0.382 e. The summed E-state index contributed by atoms with van der Waals surface area (Å²) in [6.07, 6.45) is 0.464. The smallest absolute Gasteiger partial charge is 0.308 e. The van der Waals surface area contributed by atoms with Crippen LogP contribution in [0.1, 0.15) is 53.5 Å². The van der Waals surface area contributed by atoms with Crippen LogP contribution in [0.15, 0.2) is 24.3 Å². The summed E-state index contributed by atoms with van der Waals surface area (Å²) >= 11 is 0. The van der Waals surface area contributed by atoms with E-state index in [0.717, 1.165) is 5.56 Å². The summed E-state index contributed by atoms with van der Waals surface area (Å²) < 4.78 is 28.2. The number of amides is 1. The Kier molecular flexibility index (Phi) is 6.84. The fraction of sp³-hybridized carbons (Fsp3) is 0.611. The Labute approximate surface area is 146 Å². The van der Waals surface area contributed by atoms with Gasteiger partial charge in [-0.2, -0.15) is 8.42 Å². The topological polar surface area (TPSA) is 63.7 Å². The molecule has 0 fully saturated rings. The molecule has 24 heavy (non-hydrogen) atoms. The molecule has 1 aromatic rings. The molecule has 0 saturated heterocycles. The van der Waals surface area contributed by atoms with Crippen LogP contribution in [-0.4, -0.2) is 31.0 Å². The first-order chi connectivity index (χ1) is 10.9. The van der Waals surface area contributed by atoms with E-state index in [0.29, 0.717) is 13.0 Å². The van der Waals surface area contributed by atoms with Gasteiger partial charge in [0.1, 0.15) is 5.75 Å². The van der Waals surface area contributed by atoms with Crippen molar-refractivity contribution in [2.45, 2.75) is 60.5 Å². The van der Waals surface area contributed by atoms with Gasteiger partial charge in [-0.1, -0.05) is 32.9 Å². The first-order valence-corrected chi connectivity index (χ1v) is 9.82. The van der Waals surface area contributed by atoms with E-state index in [-0.39, 0.29) is 28.9 Å². The number of carbonyl (C=O) groups is 1. The van der Waals surface area contributed by atoms with E-state index in [4.69, 9.17) is 4.18 Å². The minimum absolute atomic E-state index is 0.0591. The van der Waals surface area contributed by atoms with Gasteiger partial charge in [0.2, 0.25) is 5.91 Å². The molecule has 0 bridgehead atoms. The Morgan fingerprint density at radius 2 is 1.88 bits per heavy atom. The number of hydrogen-bond donors (Lipinski definition) is 0. The zero-order valence-electron chi connectivity index (χ0n) is 15.5. The summed E-state index contributed by atoms with van der Waals surface area (Å²) in [5.41, 5.74) is 0.763. The van der Waals surface area contributed by atoms with Gasteiger partial charge in [0.15, 0.2) is 0 Å². The van der Waals surface area contributed by atoms with E-state index in [2.05, 4.69) is 0 Å². The molecule has 0 unspecified atom stereocenters. The van der Waals surface area contributed by atoms with Crippen molar-refractivity contribution in [3.8, 4) is 5.75 Å². The van der Waals surface area contributed by atoms with Gasteiger partial charge >= 0.3 is 10.1 Å². The van der Waals surface area contributed by atoms with Crippen molar-refractivity contribution < 1.29 is 17.4 Å². The summed E-state index contributed by atoms with van der Waals surface area (Å²) in [7, 11) is -3.56. The Balaban J connectivity index is 2.94. The van der Waals surface area contributed by atoms with Crippen molar-refractivity contribution >= 4 is 16.0 Å². The summed E-state index contributed by atoms with van der Waals surface area (Å²) in [6.45, 7) is 12.0. The lowest BCUT2D eigenvalue weighted by molar-refractivity contribution is -0.135. The van der Waals surface area contributed by atoms with E-state index in [9.17, 15) is 13.2 Å². The third-order valence-corrected chi connectivity index (χ3v) is 4.61. The predicted octanol–water partition coefficient (Wildman–Crippen LogP) is 3.59. The molecule has 0 N–H and O–H groups in total. The molecule has 0 heterocycles. The second kappa shape index (κ2) is 8.01. The summed E-state index contributed by atoms with van der Waals surface area (Å²) in [5, 5.41) is 0. The number of benzene rings is 1. The van der Waals surface area contributed by atoms with Crippen LogP contribution in [-0.2, 0) is 21.5 Å². The summed E-state index contributed by atoms with van der Waals surface area (Å²) in [5.74, 6) is 0.283. The van der Waals surface area contributed by atoms with Crippen LogP contribution in [0.4, 0.5) is 0 Å². The molecule has 0 aliphatic carbocycles. The fourth-order valence-corrected chi connectivity index (χ4v) is 2.73. The Hall–Kier alpha value is -1.56. The highest BCUT2D eigenvalue weighted by atomic mass is 32.2. The van der Waals surface area contributed by atoms with Crippen LogP contribution in [0.2, 0.25) is 0 Å². The Morgan fingerprint density at radius 1 is 1.25 bits per heavy atom. The average molecular weight is 356 g/mol. The molecule has 0 radical (unpaired) electrons. The molecule has 0 aromatic heterocycles. The Bertz CT molecular complexity index is 660. The highest BCUT2D eigenvalue weighted by Gasteiger charge is 2.23. The molecular weight excluding hydrogens is 326 g/mol. The van der Waals surface area contributed by atoms with Crippen LogP contribution in [0.5, 0.6) is 5.75 Å². The second-order valence-electron chi connectivity index (χ2n) is 7.43. The molecule has 5 nitrogen and oxygen atoms in total. The number of carbonyl (C=O) groups excluding carboxylic acids is 1. The standard InChI is InChI=1S/C18H29NO4S/c1-7-24(21,22)23-16-10-8-9-15(11-16)13-19(14(2)3)17(20)12-18(4,5)6/h8-11,14H,7,12-13H2,1-6H3. The van der Waals surface area contributed by atoms with Crippen molar-refractivity contribution in [2.24, 2.45) is 5.41 Å². The van der Waals surface area contributed by atoms with E-state index >= 15 is 0 Å². The van der Waals surface area contributed by atoms with Gasteiger partial charge in [-0.05, 0) is 43.9 Å². The number of rotatable bonds is 7. The highest BCUT2D eigenvalue weighted by molar-refractivity contribution is 7.87. The maximum absolute atomic E-state index is 12.6. The number of hydrogen-bond acceptors (Lipinski definition) is 4. The third kappa shape index (κ3) is 6.91. The van der Waals surface area contributed by atoms with E-state index in [1.54, 1.807) is 23.1 Å². The zero-order valence-corrected chi connectivity index (χ0v) is 16.3. The van der Waals surface area contributed by atoms with E-state index in [1.165, 1.54) is 6.92 Å². The minimum atomic E-state index is -3.56. The first kappa shape index (κ1) is 20.5. The van der Waals surface area contributed by atoms with Crippen LogP contribution >= 0.6 is 0 Å². The molecule has 136 valence electrons. The predicted molar refractivity (Wildman–Crippen MR) is 96.3 cm³/mol. The van der Waals surface area contributed by atoms with Gasteiger partial charge in [-0.25, -0.2) is 0 Å². The molecule has 0 spiro atoms. The molecule has 0 saturated carbocycles. The van der Waals surface area contributed by atoms with Crippen molar-refractivity contribution in [1.29, 1.82) is 0 Å². The molecule has 6 heteroatoms. The van der Waals surface area contributed by atoms with Crippen LogP contribution in [0.25, 0.3) is 0 Å². The largest absolute Gasteiger partial charge is 0.382 e. The lowest BCUT2D eigenvalue weighted by Gasteiger charge is -2.30. The maximum Gasteiger partial charge on any atom is 0.308 e. The van der Waals surface area contributed by atoms with Crippen LogP contribution in [0.3, 0.4) is 0 Å². The highest BCUT2D eigenvalue weighted by Crippen LogP contribution is 2.23. The van der Waals surface area contributed by atoms with Crippen molar-refractivity contribution in [3.63, 3.8) is 0 Å². The lowest BCUT2D eigenvalue weighted by Crippen LogP contribution is -2.38. The summed E-state index contributed by atoms with van der Waals surface area (Å²) in [6, 6.07) is 6.94. The van der Waals surface area contributed by atoms with E-state index in [1.807, 2.05) is 40.7 Å². The quantitative estimate of drug-likeness (QED) is 0.701. The monoisotopic (exact) mass is 355 g/mol. The molecule has 1 aromatic carbocycles. The molecule has 0 aliphatic rings. The zero-order chi connectivity index (χ0) is 18.5. The molecule has 1 rings (SSSR count). The van der Waals surface area contributed by atoms with Crippen LogP contribution in [0, 0.1) is 5.41 Å².